The van der Waals surface area contributed by atoms with Crippen molar-refractivity contribution < 1.29 is 17.9 Å². The van der Waals surface area contributed by atoms with Crippen molar-refractivity contribution in [2.45, 2.75) is 12.5 Å². The standard InChI is InChI=1S/C12H17FN2O3S/c13-10-1-2-11(14-9-10)12(16)3-4-15-5-7-19(17,18)8-6-15/h1-2,9,12,16H,3-8H2. The van der Waals surface area contributed by atoms with Crippen LogP contribution >= 0.6 is 0 Å². The van der Waals surface area contributed by atoms with E-state index in [1.165, 1.54) is 12.1 Å². The minimum atomic E-state index is -2.87. The quantitative estimate of drug-likeness (QED) is 0.867. The number of nitrogens with zero attached hydrogens (tertiary/aromatic N) is 2. The highest BCUT2D eigenvalue weighted by molar-refractivity contribution is 7.91. The lowest BCUT2D eigenvalue weighted by Crippen LogP contribution is -2.41. The predicted octanol–water partition coefficient (Wildman–Crippen LogP) is 0.375. The van der Waals surface area contributed by atoms with Crippen molar-refractivity contribution in [3.05, 3.63) is 29.8 Å². The van der Waals surface area contributed by atoms with Crippen LogP contribution in [0.25, 0.3) is 0 Å². The minimum Gasteiger partial charge on any atom is -0.387 e. The van der Waals surface area contributed by atoms with Gasteiger partial charge in [0.25, 0.3) is 0 Å². The first-order chi connectivity index (χ1) is 8.96. The SMILES string of the molecule is O=S1(=O)CCN(CCC(O)c2ccc(F)cn2)CC1. The van der Waals surface area contributed by atoms with Gasteiger partial charge in [-0.1, -0.05) is 0 Å². The average Bonchev–Trinajstić information content (AvgIpc) is 2.38. The second-order valence-electron chi connectivity index (χ2n) is 4.70. The van der Waals surface area contributed by atoms with E-state index in [-0.39, 0.29) is 11.5 Å². The summed E-state index contributed by atoms with van der Waals surface area (Å²) in [6, 6.07) is 2.72. The molecule has 7 heteroatoms. The van der Waals surface area contributed by atoms with E-state index in [2.05, 4.69) is 4.98 Å². The van der Waals surface area contributed by atoms with Gasteiger partial charge in [-0.05, 0) is 18.6 Å². The highest BCUT2D eigenvalue weighted by Gasteiger charge is 2.22. The van der Waals surface area contributed by atoms with Gasteiger partial charge in [0, 0.05) is 19.6 Å². The Bertz CT molecular complexity index is 504. The Morgan fingerprint density at radius 3 is 2.63 bits per heavy atom. The molecule has 1 aliphatic rings. The lowest BCUT2D eigenvalue weighted by Gasteiger charge is -2.27. The summed E-state index contributed by atoms with van der Waals surface area (Å²) in [5.41, 5.74) is 0.436. The molecular weight excluding hydrogens is 271 g/mol. The van der Waals surface area contributed by atoms with Crippen LogP contribution in [0.1, 0.15) is 18.2 Å². The van der Waals surface area contributed by atoms with Crippen LogP contribution in [0.15, 0.2) is 18.3 Å². The summed E-state index contributed by atoms with van der Waals surface area (Å²) in [6.07, 6.45) is 0.782. The van der Waals surface area contributed by atoms with Crippen molar-refractivity contribution in [1.29, 1.82) is 0 Å². The van der Waals surface area contributed by atoms with Gasteiger partial charge in [-0.3, -0.25) is 4.98 Å². The number of sulfone groups is 1. The molecule has 106 valence electrons. The number of hydrogen-bond donors (Lipinski definition) is 1. The Hall–Kier alpha value is -1.05. The zero-order valence-corrected chi connectivity index (χ0v) is 11.3. The van der Waals surface area contributed by atoms with Gasteiger partial charge in [0.1, 0.15) is 5.82 Å². The Morgan fingerprint density at radius 1 is 1.37 bits per heavy atom. The van der Waals surface area contributed by atoms with Crippen molar-refractivity contribution in [3.8, 4) is 0 Å². The van der Waals surface area contributed by atoms with Gasteiger partial charge >= 0.3 is 0 Å². The predicted molar refractivity (Wildman–Crippen MR) is 68.9 cm³/mol. The number of pyridine rings is 1. The van der Waals surface area contributed by atoms with Crippen LogP contribution < -0.4 is 0 Å². The second kappa shape index (κ2) is 5.94. The summed E-state index contributed by atoms with van der Waals surface area (Å²) in [7, 11) is -2.87. The largest absolute Gasteiger partial charge is 0.387 e. The molecule has 0 bridgehead atoms. The summed E-state index contributed by atoms with van der Waals surface area (Å²) in [5.74, 6) is -0.0762. The Morgan fingerprint density at radius 2 is 2.05 bits per heavy atom. The number of halogens is 1. The molecule has 1 N–H and O–H groups in total. The van der Waals surface area contributed by atoms with E-state index < -0.39 is 21.8 Å². The lowest BCUT2D eigenvalue weighted by molar-refractivity contribution is 0.140. The van der Waals surface area contributed by atoms with Crippen molar-refractivity contribution in [2.24, 2.45) is 0 Å². The molecule has 1 aromatic heterocycles. The number of aliphatic hydroxyl groups is 1. The fourth-order valence-corrected chi connectivity index (χ4v) is 3.29. The zero-order valence-electron chi connectivity index (χ0n) is 10.5. The third-order valence-corrected chi connectivity index (χ3v) is 4.86. The maximum Gasteiger partial charge on any atom is 0.152 e. The minimum absolute atomic E-state index is 0.178. The molecule has 1 saturated heterocycles. The van der Waals surface area contributed by atoms with Gasteiger partial charge in [0.2, 0.25) is 0 Å². The van der Waals surface area contributed by atoms with Gasteiger partial charge < -0.3 is 10.0 Å². The number of hydrogen-bond acceptors (Lipinski definition) is 5. The highest BCUT2D eigenvalue weighted by Crippen LogP contribution is 2.15. The van der Waals surface area contributed by atoms with Crippen molar-refractivity contribution in [3.63, 3.8) is 0 Å². The molecule has 1 unspecified atom stereocenters. The molecule has 2 rings (SSSR count). The smallest absolute Gasteiger partial charge is 0.152 e. The molecule has 0 amide bonds. The first-order valence-electron chi connectivity index (χ1n) is 6.18. The van der Waals surface area contributed by atoms with Gasteiger partial charge in [-0.25, -0.2) is 12.8 Å². The summed E-state index contributed by atoms with van der Waals surface area (Å²) in [5, 5.41) is 9.91. The van der Waals surface area contributed by atoms with Gasteiger partial charge in [0.05, 0.1) is 29.5 Å². The number of aliphatic hydroxyl groups excluding tert-OH is 1. The molecule has 19 heavy (non-hydrogen) atoms. The van der Waals surface area contributed by atoms with Crippen LogP contribution in [0.2, 0.25) is 0 Å². The van der Waals surface area contributed by atoms with Crippen LogP contribution in [-0.2, 0) is 9.84 Å². The fraction of sp³-hybridized carbons (Fsp3) is 0.583. The normalized spacial score (nSPS) is 21.2. The molecule has 2 heterocycles. The molecule has 0 aliphatic carbocycles. The molecule has 1 atom stereocenters. The van der Waals surface area contributed by atoms with Crippen molar-refractivity contribution in [2.75, 3.05) is 31.1 Å². The molecule has 0 radical (unpaired) electrons. The highest BCUT2D eigenvalue weighted by atomic mass is 32.2. The third kappa shape index (κ3) is 4.22. The van der Waals surface area contributed by atoms with E-state index >= 15 is 0 Å². The van der Waals surface area contributed by atoms with Gasteiger partial charge in [-0.15, -0.1) is 0 Å². The van der Waals surface area contributed by atoms with Gasteiger partial charge in [-0.2, -0.15) is 0 Å². The molecular formula is C12H17FN2O3S. The van der Waals surface area contributed by atoms with E-state index in [1.807, 2.05) is 4.90 Å². The van der Waals surface area contributed by atoms with Crippen LogP contribution in [0.4, 0.5) is 4.39 Å². The summed E-state index contributed by atoms with van der Waals surface area (Å²) in [6.45, 7) is 1.62. The van der Waals surface area contributed by atoms with E-state index in [0.717, 1.165) is 6.20 Å². The molecule has 1 aliphatic heterocycles. The van der Waals surface area contributed by atoms with Crippen molar-refractivity contribution in [1.82, 2.24) is 9.88 Å². The first kappa shape index (κ1) is 14.4. The molecule has 5 nitrogen and oxygen atoms in total. The summed E-state index contributed by atoms with van der Waals surface area (Å²) >= 11 is 0. The molecule has 0 spiro atoms. The van der Waals surface area contributed by atoms with Crippen LogP contribution in [-0.4, -0.2) is 54.5 Å². The van der Waals surface area contributed by atoms with E-state index in [9.17, 15) is 17.9 Å². The second-order valence-corrected chi connectivity index (χ2v) is 7.00. The molecule has 1 fully saturated rings. The van der Waals surface area contributed by atoms with E-state index in [4.69, 9.17) is 0 Å². The number of aromatic nitrogens is 1. The monoisotopic (exact) mass is 288 g/mol. The topological polar surface area (TPSA) is 70.5 Å². The lowest BCUT2D eigenvalue weighted by atomic mass is 10.1. The maximum absolute atomic E-state index is 12.7. The van der Waals surface area contributed by atoms with Crippen LogP contribution in [0, 0.1) is 5.82 Å². The first-order valence-corrected chi connectivity index (χ1v) is 8.01. The van der Waals surface area contributed by atoms with Gasteiger partial charge in [0.15, 0.2) is 9.84 Å². The fourth-order valence-electron chi connectivity index (χ4n) is 2.01. The molecule has 1 aromatic rings. The Kier molecular flexibility index (Phi) is 4.49. The van der Waals surface area contributed by atoms with E-state index in [1.54, 1.807) is 0 Å². The van der Waals surface area contributed by atoms with Crippen LogP contribution in [0.3, 0.4) is 0 Å². The Labute approximate surface area is 112 Å². The van der Waals surface area contributed by atoms with Crippen LogP contribution in [0.5, 0.6) is 0 Å². The Balaban J connectivity index is 1.81. The number of rotatable bonds is 4. The molecule has 0 saturated carbocycles. The summed E-state index contributed by atoms with van der Waals surface area (Å²) < 4.78 is 35.2. The maximum atomic E-state index is 12.7. The third-order valence-electron chi connectivity index (χ3n) is 3.25. The molecule has 0 aromatic carbocycles. The zero-order chi connectivity index (χ0) is 13.9. The van der Waals surface area contributed by atoms with E-state index in [0.29, 0.717) is 31.7 Å². The average molecular weight is 288 g/mol. The van der Waals surface area contributed by atoms with Crippen molar-refractivity contribution >= 4 is 9.84 Å². The summed E-state index contributed by atoms with van der Waals surface area (Å²) in [4.78, 5) is 5.83.